The van der Waals surface area contributed by atoms with Crippen LogP contribution in [0.25, 0.3) is 10.2 Å². The van der Waals surface area contributed by atoms with Crippen LogP contribution in [0.15, 0.2) is 23.2 Å². The highest BCUT2D eigenvalue weighted by Crippen LogP contribution is 2.25. The number of nitrogens with zero attached hydrogens (tertiary/aromatic N) is 2. The summed E-state index contributed by atoms with van der Waals surface area (Å²) in [5, 5.41) is 0. The average Bonchev–Trinajstić information content (AvgIpc) is 2.85. The van der Waals surface area contributed by atoms with Crippen LogP contribution in [-0.2, 0) is 11.3 Å². The standard InChI is InChI=1S/C18H24N2OS/c1-3-11-20-15-10-9-13(2)12-16(15)22-18(20)19-17(21)14-7-5-4-6-8-14/h9-10,12,14H,3-8,11H2,1-2H3. The minimum Gasteiger partial charge on any atom is -0.316 e. The van der Waals surface area contributed by atoms with Gasteiger partial charge in [0.05, 0.1) is 10.2 Å². The predicted octanol–water partition coefficient (Wildman–Crippen LogP) is 4.43. The van der Waals surface area contributed by atoms with Crippen molar-refractivity contribution in [2.24, 2.45) is 10.9 Å². The van der Waals surface area contributed by atoms with Crippen molar-refractivity contribution in [2.75, 3.05) is 0 Å². The third-order valence-corrected chi connectivity index (χ3v) is 5.49. The summed E-state index contributed by atoms with van der Waals surface area (Å²) in [6, 6.07) is 6.48. The molecular weight excluding hydrogens is 292 g/mol. The van der Waals surface area contributed by atoms with Crippen molar-refractivity contribution in [3.63, 3.8) is 0 Å². The molecule has 1 amide bonds. The van der Waals surface area contributed by atoms with Gasteiger partial charge in [0.2, 0.25) is 0 Å². The number of amides is 1. The van der Waals surface area contributed by atoms with Crippen LogP contribution >= 0.6 is 11.3 Å². The fraction of sp³-hybridized carbons (Fsp3) is 0.556. The average molecular weight is 316 g/mol. The number of aryl methyl sites for hydroxylation is 2. The molecule has 4 heteroatoms. The van der Waals surface area contributed by atoms with Gasteiger partial charge in [-0.1, -0.05) is 43.6 Å². The Balaban J connectivity index is 2.02. The van der Waals surface area contributed by atoms with E-state index in [0.29, 0.717) is 0 Å². The summed E-state index contributed by atoms with van der Waals surface area (Å²) < 4.78 is 3.43. The van der Waals surface area contributed by atoms with Gasteiger partial charge in [-0.05, 0) is 43.9 Å². The van der Waals surface area contributed by atoms with Gasteiger partial charge in [-0.3, -0.25) is 4.79 Å². The molecule has 3 rings (SSSR count). The maximum atomic E-state index is 12.5. The van der Waals surface area contributed by atoms with Crippen LogP contribution in [0.5, 0.6) is 0 Å². The molecule has 0 unspecified atom stereocenters. The lowest BCUT2D eigenvalue weighted by molar-refractivity contribution is -0.122. The number of hydrogen-bond acceptors (Lipinski definition) is 2. The number of thiazole rings is 1. The molecule has 0 N–H and O–H groups in total. The fourth-order valence-corrected chi connectivity index (χ4v) is 4.40. The molecule has 22 heavy (non-hydrogen) atoms. The molecule has 1 aliphatic carbocycles. The molecule has 0 radical (unpaired) electrons. The van der Waals surface area contributed by atoms with Crippen LogP contribution in [0.3, 0.4) is 0 Å². The smallest absolute Gasteiger partial charge is 0.251 e. The third kappa shape index (κ3) is 3.17. The second-order valence-corrected chi connectivity index (χ2v) is 7.30. The van der Waals surface area contributed by atoms with Crippen molar-refractivity contribution in [2.45, 2.75) is 58.9 Å². The SMILES string of the molecule is CCCn1c(=NC(=O)C2CCCCC2)sc2cc(C)ccc21. The molecule has 1 aromatic carbocycles. The molecule has 1 saturated carbocycles. The second kappa shape index (κ2) is 6.78. The van der Waals surface area contributed by atoms with Gasteiger partial charge < -0.3 is 4.57 Å². The van der Waals surface area contributed by atoms with Crippen molar-refractivity contribution in [1.29, 1.82) is 0 Å². The highest BCUT2D eigenvalue weighted by Gasteiger charge is 2.21. The van der Waals surface area contributed by atoms with Gasteiger partial charge in [-0.25, -0.2) is 0 Å². The Hall–Kier alpha value is -1.42. The number of hydrogen-bond donors (Lipinski definition) is 0. The second-order valence-electron chi connectivity index (χ2n) is 6.29. The molecule has 1 aliphatic rings. The Kier molecular flexibility index (Phi) is 4.77. The van der Waals surface area contributed by atoms with E-state index in [1.807, 2.05) is 0 Å². The van der Waals surface area contributed by atoms with E-state index in [1.165, 1.54) is 35.0 Å². The highest BCUT2D eigenvalue weighted by molar-refractivity contribution is 7.16. The minimum atomic E-state index is 0.0906. The molecule has 0 saturated heterocycles. The van der Waals surface area contributed by atoms with Crippen molar-refractivity contribution in [1.82, 2.24) is 4.57 Å². The van der Waals surface area contributed by atoms with Gasteiger partial charge in [0.1, 0.15) is 0 Å². The monoisotopic (exact) mass is 316 g/mol. The first-order valence-corrected chi connectivity index (χ1v) is 9.19. The normalized spacial score (nSPS) is 17.3. The van der Waals surface area contributed by atoms with E-state index < -0.39 is 0 Å². The number of carbonyl (C=O) groups excluding carboxylic acids is 1. The summed E-state index contributed by atoms with van der Waals surface area (Å²) in [6.45, 7) is 5.19. The van der Waals surface area contributed by atoms with E-state index in [1.54, 1.807) is 11.3 Å². The zero-order chi connectivity index (χ0) is 15.5. The zero-order valence-electron chi connectivity index (χ0n) is 13.5. The van der Waals surface area contributed by atoms with E-state index in [0.717, 1.165) is 30.6 Å². The molecule has 0 atom stereocenters. The molecule has 1 fully saturated rings. The maximum Gasteiger partial charge on any atom is 0.251 e. The van der Waals surface area contributed by atoms with Gasteiger partial charge in [-0.15, -0.1) is 0 Å². The summed E-state index contributed by atoms with van der Waals surface area (Å²) >= 11 is 1.65. The molecule has 118 valence electrons. The maximum absolute atomic E-state index is 12.5. The first kappa shape index (κ1) is 15.5. The van der Waals surface area contributed by atoms with E-state index in [9.17, 15) is 4.79 Å². The van der Waals surface area contributed by atoms with Gasteiger partial charge >= 0.3 is 0 Å². The molecule has 1 aromatic heterocycles. The lowest BCUT2D eigenvalue weighted by Crippen LogP contribution is -2.21. The third-order valence-electron chi connectivity index (χ3n) is 4.45. The summed E-state index contributed by atoms with van der Waals surface area (Å²) in [6.07, 6.45) is 6.69. The molecule has 1 heterocycles. The van der Waals surface area contributed by atoms with Crippen molar-refractivity contribution >= 4 is 27.5 Å². The number of fused-ring (bicyclic) bond motifs is 1. The van der Waals surface area contributed by atoms with E-state index >= 15 is 0 Å². The van der Waals surface area contributed by atoms with Crippen LogP contribution < -0.4 is 4.80 Å². The van der Waals surface area contributed by atoms with Gasteiger partial charge in [-0.2, -0.15) is 4.99 Å². The van der Waals surface area contributed by atoms with Crippen LogP contribution in [0.1, 0.15) is 51.0 Å². The summed E-state index contributed by atoms with van der Waals surface area (Å²) in [5.74, 6) is 0.239. The number of aromatic nitrogens is 1. The Morgan fingerprint density at radius 3 is 2.82 bits per heavy atom. The van der Waals surface area contributed by atoms with Crippen molar-refractivity contribution in [3.05, 3.63) is 28.6 Å². The first-order chi connectivity index (χ1) is 10.7. The molecule has 0 spiro atoms. The van der Waals surface area contributed by atoms with Crippen molar-refractivity contribution < 1.29 is 4.79 Å². The van der Waals surface area contributed by atoms with E-state index in [4.69, 9.17) is 0 Å². The van der Waals surface area contributed by atoms with Crippen LogP contribution in [0.4, 0.5) is 0 Å². The number of rotatable bonds is 3. The lowest BCUT2D eigenvalue weighted by atomic mass is 9.89. The Morgan fingerprint density at radius 1 is 1.32 bits per heavy atom. The van der Waals surface area contributed by atoms with Gasteiger partial charge in [0.25, 0.3) is 5.91 Å². The molecule has 2 aromatic rings. The van der Waals surface area contributed by atoms with Crippen LogP contribution in [-0.4, -0.2) is 10.5 Å². The molecule has 3 nitrogen and oxygen atoms in total. The predicted molar refractivity (Wildman–Crippen MR) is 92.0 cm³/mol. The molecule has 0 aliphatic heterocycles. The van der Waals surface area contributed by atoms with Gasteiger partial charge in [0.15, 0.2) is 4.80 Å². The van der Waals surface area contributed by atoms with E-state index in [2.05, 4.69) is 41.6 Å². The van der Waals surface area contributed by atoms with Crippen LogP contribution in [0.2, 0.25) is 0 Å². The Morgan fingerprint density at radius 2 is 2.09 bits per heavy atom. The molecular formula is C18H24N2OS. The summed E-state index contributed by atoms with van der Waals surface area (Å²) in [5.41, 5.74) is 2.45. The quantitative estimate of drug-likeness (QED) is 0.825. The minimum absolute atomic E-state index is 0.0906. The lowest BCUT2D eigenvalue weighted by Gasteiger charge is -2.17. The van der Waals surface area contributed by atoms with Crippen molar-refractivity contribution in [3.8, 4) is 0 Å². The topological polar surface area (TPSA) is 34.4 Å². The Labute approximate surface area is 135 Å². The van der Waals surface area contributed by atoms with Crippen LogP contribution in [0, 0.1) is 12.8 Å². The first-order valence-electron chi connectivity index (χ1n) is 8.37. The highest BCUT2D eigenvalue weighted by atomic mass is 32.1. The Bertz CT molecular complexity index is 735. The largest absolute Gasteiger partial charge is 0.316 e. The van der Waals surface area contributed by atoms with Gasteiger partial charge in [0, 0.05) is 12.5 Å². The zero-order valence-corrected chi connectivity index (χ0v) is 14.3. The molecule has 0 bridgehead atoms. The fourth-order valence-electron chi connectivity index (χ4n) is 3.24. The number of benzene rings is 1. The van der Waals surface area contributed by atoms with E-state index in [-0.39, 0.29) is 11.8 Å². The summed E-state index contributed by atoms with van der Waals surface area (Å²) in [4.78, 5) is 17.9. The summed E-state index contributed by atoms with van der Waals surface area (Å²) in [7, 11) is 0. The number of carbonyl (C=O) groups is 1.